The molecule has 5 heteroatoms. The monoisotopic (exact) mass is 263 g/mol. The maximum absolute atomic E-state index is 12.0. The molecule has 1 fully saturated rings. The third-order valence-electron chi connectivity index (χ3n) is 3.30. The average Bonchev–Trinajstić information content (AvgIpc) is 2.86. The van der Waals surface area contributed by atoms with Gasteiger partial charge in [0.25, 0.3) is 5.91 Å². The second kappa shape index (κ2) is 5.83. The van der Waals surface area contributed by atoms with E-state index in [9.17, 15) is 4.79 Å². The second-order valence-electron chi connectivity index (χ2n) is 4.47. The molecule has 0 radical (unpaired) electrons. The van der Waals surface area contributed by atoms with Crippen molar-refractivity contribution in [1.29, 1.82) is 5.26 Å². The predicted molar refractivity (Wildman–Crippen MR) is 68.3 cm³/mol. The largest absolute Gasteiger partial charge is 0.348 e. The van der Waals surface area contributed by atoms with Gasteiger partial charge in [-0.2, -0.15) is 5.26 Å². The summed E-state index contributed by atoms with van der Waals surface area (Å²) < 4.78 is 0. The highest BCUT2D eigenvalue weighted by Gasteiger charge is 2.28. The van der Waals surface area contributed by atoms with E-state index in [0.29, 0.717) is 23.1 Å². The first-order valence-electron chi connectivity index (χ1n) is 5.97. The number of carbonyl (C=O) groups is 1. The van der Waals surface area contributed by atoms with Crippen molar-refractivity contribution in [3.05, 3.63) is 29.6 Å². The molecule has 1 aromatic heterocycles. The number of alkyl halides is 1. The number of rotatable bonds is 3. The standard InChI is InChI=1S/C13H14ClN3O/c14-6-10-2-1-3-11(10)17-13(18)12-5-4-9(7-15)8-16-12/h4-5,8,10-11H,1-3,6H2,(H,17,18). The fraction of sp³-hybridized carbons (Fsp3) is 0.462. The van der Waals surface area contributed by atoms with E-state index >= 15 is 0 Å². The zero-order chi connectivity index (χ0) is 13.0. The summed E-state index contributed by atoms with van der Waals surface area (Å²) in [5.41, 5.74) is 0.792. The Morgan fingerprint density at radius 1 is 1.56 bits per heavy atom. The summed E-state index contributed by atoms with van der Waals surface area (Å²) in [5.74, 6) is 0.738. The first kappa shape index (κ1) is 12.8. The molecule has 1 aromatic rings. The Morgan fingerprint density at radius 2 is 2.39 bits per heavy atom. The number of hydrogen-bond donors (Lipinski definition) is 1. The van der Waals surface area contributed by atoms with Crippen LogP contribution in [0.15, 0.2) is 18.3 Å². The Kier molecular flexibility index (Phi) is 4.16. The molecule has 0 spiro atoms. The number of aromatic nitrogens is 1. The lowest BCUT2D eigenvalue weighted by molar-refractivity contribution is 0.0925. The van der Waals surface area contributed by atoms with Crippen LogP contribution in [0.25, 0.3) is 0 Å². The maximum atomic E-state index is 12.0. The number of halogens is 1. The Morgan fingerprint density at radius 3 is 3.00 bits per heavy atom. The highest BCUT2D eigenvalue weighted by molar-refractivity contribution is 6.18. The van der Waals surface area contributed by atoms with Crippen molar-refractivity contribution in [3.63, 3.8) is 0 Å². The van der Waals surface area contributed by atoms with Gasteiger partial charge in [0, 0.05) is 18.1 Å². The van der Waals surface area contributed by atoms with E-state index in [0.717, 1.165) is 19.3 Å². The van der Waals surface area contributed by atoms with Crippen LogP contribution in [0.5, 0.6) is 0 Å². The van der Waals surface area contributed by atoms with Gasteiger partial charge >= 0.3 is 0 Å². The Balaban J connectivity index is 2.01. The number of nitrogens with one attached hydrogen (secondary N) is 1. The minimum Gasteiger partial charge on any atom is -0.348 e. The number of nitrogens with zero attached hydrogens (tertiary/aromatic N) is 2. The second-order valence-corrected chi connectivity index (χ2v) is 4.78. The summed E-state index contributed by atoms with van der Waals surface area (Å²) in [6.45, 7) is 0. The molecular weight excluding hydrogens is 250 g/mol. The molecule has 1 N–H and O–H groups in total. The van der Waals surface area contributed by atoms with Crippen molar-refractivity contribution in [2.45, 2.75) is 25.3 Å². The van der Waals surface area contributed by atoms with Crippen LogP contribution in [0.3, 0.4) is 0 Å². The van der Waals surface area contributed by atoms with Gasteiger partial charge in [-0.15, -0.1) is 11.6 Å². The first-order valence-corrected chi connectivity index (χ1v) is 6.51. The highest BCUT2D eigenvalue weighted by atomic mass is 35.5. The van der Waals surface area contributed by atoms with Gasteiger partial charge in [0.1, 0.15) is 11.8 Å². The lowest BCUT2D eigenvalue weighted by atomic mass is 10.1. The van der Waals surface area contributed by atoms with E-state index < -0.39 is 0 Å². The minimum atomic E-state index is -0.193. The predicted octanol–water partition coefficient (Wildman–Crippen LogP) is 2.09. The van der Waals surface area contributed by atoms with Gasteiger partial charge in [-0.1, -0.05) is 6.42 Å². The molecule has 1 aliphatic carbocycles. The summed E-state index contributed by atoms with van der Waals surface area (Å²) in [6.07, 6.45) is 4.54. The van der Waals surface area contributed by atoms with Crippen LogP contribution in [0.2, 0.25) is 0 Å². The zero-order valence-corrected chi connectivity index (χ0v) is 10.7. The lowest BCUT2D eigenvalue weighted by Crippen LogP contribution is -2.38. The summed E-state index contributed by atoms with van der Waals surface area (Å²) in [4.78, 5) is 15.9. The normalized spacial score (nSPS) is 22.4. The van der Waals surface area contributed by atoms with Gasteiger partial charge < -0.3 is 5.32 Å². The Bertz CT molecular complexity index is 466. The maximum Gasteiger partial charge on any atom is 0.270 e. The van der Waals surface area contributed by atoms with Gasteiger partial charge in [0.2, 0.25) is 0 Å². The van der Waals surface area contributed by atoms with Crippen molar-refractivity contribution in [3.8, 4) is 6.07 Å². The molecule has 4 nitrogen and oxygen atoms in total. The molecule has 2 unspecified atom stereocenters. The highest BCUT2D eigenvalue weighted by Crippen LogP contribution is 2.26. The van der Waals surface area contributed by atoms with Gasteiger partial charge in [-0.3, -0.25) is 4.79 Å². The van der Waals surface area contributed by atoms with Gasteiger partial charge in [-0.25, -0.2) is 4.98 Å². The molecule has 1 amide bonds. The summed E-state index contributed by atoms with van der Waals surface area (Å²) in [5, 5.41) is 11.6. The molecule has 94 valence electrons. The zero-order valence-electron chi connectivity index (χ0n) is 9.90. The molecule has 0 aromatic carbocycles. The molecule has 1 saturated carbocycles. The number of amides is 1. The van der Waals surface area contributed by atoms with Crippen LogP contribution in [-0.2, 0) is 0 Å². The van der Waals surface area contributed by atoms with Crippen molar-refractivity contribution in [2.24, 2.45) is 5.92 Å². The molecule has 0 bridgehead atoms. The summed E-state index contributed by atoms with van der Waals surface area (Å²) >= 11 is 5.87. The third-order valence-corrected chi connectivity index (χ3v) is 3.70. The topological polar surface area (TPSA) is 65.8 Å². The quantitative estimate of drug-likeness (QED) is 0.849. The van der Waals surface area contributed by atoms with Crippen LogP contribution in [0.4, 0.5) is 0 Å². The fourth-order valence-electron chi connectivity index (χ4n) is 2.25. The van der Waals surface area contributed by atoms with Gasteiger partial charge in [0.05, 0.1) is 5.56 Å². The number of hydrogen-bond acceptors (Lipinski definition) is 3. The van der Waals surface area contributed by atoms with Crippen LogP contribution < -0.4 is 5.32 Å². The molecule has 18 heavy (non-hydrogen) atoms. The van der Waals surface area contributed by atoms with Crippen LogP contribution >= 0.6 is 11.6 Å². The van der Waals surface area contributed by atoms with Gasteiger partial charge in [0.15, 0.2) is 0 Å². The third kappa shape index (κ3) is 2.80. The molecule has 1 aliphatic rings. The number of pyridine rings is 1. The SMILES string of the molecule is N#Cc1ccc(C(=O)NC2CCCC2CCl)nc1. The lowest BCUT2D eigenvalue weighted by Gasteiger charge is -2.18. The Hall–Kier alpha value is -1.60. The minimum absolute atomic E-state index is 0.146. The van der Waals surface area contributed by atoms with E-state index in [1.807, 2.05) is 6.07 Å². The molecule has 0 aliphatic heterocycles. The number of carbonyl (C=O) groups excluding carboxylic acids is 1. The molecule has 2 atom stereocenters. The van der Waals surface area contributed by atoms with E-state index in [1.54, 1.807) is 12.1 Å². The molecular formula is C13H14ClN3O. The molecule has 2 rings (SSSR count). The number of nitriles is 1. The molecule has 0 saturated heterocycles. The van der Waals surface area contributed by atoms with Crippen molar-refractivity contribution in [2.75, 3.05) is 5.88 Å². The van der Waals surface area contributed by atoms with E-state index in [2.05, 4.69) is 10.3 Å². The van der Waals surface area contributed by atoms with Crippen molar-refractivity contribution < 1.29 is 4.79 Å². The van der Waals surface area contributed by atoms with Gasteiger partial charge in [-0.05, 0) is 30.9 Å². The summed E-state index contributed by atoms with van der Waals surface area (Å²) in [6, 6.07) is 5.28. The fourth-order valence-corrected chi connectivity index (χ4v) is 2.62. The van der Waals surface area contributed by atoms with Crippen LogP contribution in [0, 0.1) is 17.2 Å². The first-order chi connectivity index (χ1) is 8.74. The van der Waals surface area contributed by atoms with E-state index in [4.69, 9.17) is 16.9 Å². The van der Waals surface area contributed by atoms with Crippen molar-refractivity contribution >= 4 is 17.5 Å². The smallest absolute Gasteiger partial charge is 0.270 e. The van der Waals surface area contributed by atoms with E-state index in [1.165, 1.54) is 6.20 Å². The van der Waals surface area contributed by atoms with E-state index in [-0.39, 0.29) is 11.9 Å². The van der Waals surface area contributed by atoms with Crippen LogP contribution in [-0.4, -0.2) is 22.8 Å². The Labute approximate surface area is 111 Å². The van der Waals surface area contributed by atoms with Crippen molar-refractivity contribution in [1.82, 2.24) is 10.3 Å². The summed E-state index contributed by atoms with van der Waals surface area (Å²) in [7, 11) is 0. The molecule has 1 heterocycles. The van der Waals surface area contributed by atoms with Crippen LogP contribution in [0.1, 0.15) is 35.3 Å². The average molecular weight is 264 g/mol.